The lowest BCUT2D eigenvalue weighted by atomic mass is 9.85. The van der Waals surface area contributed by atoms with Crippen molar-refractivity contribution >= 4 is 15.8 Å². The third-order valence-corrected chi connectivity index (χ3v) is 7.74. The number of nitrogens with two attached hydrogens (primary N) is 1. The zero-order valence-electron chi connectivity index (χ0n) is 19.2. The minimum Gasteiger partial charge on any atom is -0.454 e. The van der Waals surface area contributed by atoms with Crippen LogP contribution in [0.4, 0.5) is 0 Å². The van der Waals surface area contributed by atoms with E-state index in [4.69, 9.17) is 14.6 Å². The molecule has 7 heteroatoms. The third-order valence-electron chi connectivity index (χ3n) is 6.81. The van der Waals surface area contributed by atoms with E-state index in [0.717, 1.165) is 46.4 Å². The van der Waals surface area contributed by atoms with E-state index >= 15 is 0 Å². The van der Waals surface area contributed by atoms with Crippen LogP contribution >= 0.6 is 0 Å². The molecule has 0 unspecified atom stereocenters. The van der Waals surface area contributed by atoms with Gasteiger partial charge in [-0.15, -0.1) is 0 Å². The second kappa shape index (κ2) is 8.25. The molecule has 5 rings (SSSR count). The quantitative estimate of drug-likeness (QED) is 0.532. The lowest BCUT2D eigenvalue weighted by Crippen LogP contribution is -2.22. The van der Waals surface area contributed by atoms with Crippen molar-refractivity contribution in [3.05, 3.63) is 77.4 Å². The van der Waals surface area contributed by atoms with Crippen LogP contribution in [0.1, 0.15) is 49.3 Å². The monoisotopic (exact) mass is 477 g/mol. The fourth-order valence-electron chi connectivity index (χ4n) is 4.69. The van der Waals surface area contributed by atoms with Gasteiger partial charge in [-0.05, 0) is 70.8 Å². The van der Waals surface area contributed by atoms with Gasteiger partial charge < -0.3 is 9.47 Å². The molecule has 0 aromatic heterocycles. The maximum atomic E-state index is 13.5. The summed E-state index contributed by atoms with van der Waals surface area (Å²) in [7, 11) is -3.75. The summed E-state index contributed by atoms with van der Waals surface area (Å²) in [5, 5.41) is 5.25. The van der Waals surface area contributed by atoms with E-state index in [0.29, 0.717) is 12.2 Å². The SMILES string of the molecule is CC(C)c1ccc(CC(=O)C2(c3ccc4c(c3)OCO4)CC2)cc1-c1ccc(S(N)(=O)=O)cc1. The van der Waals surface area contributed by atoms with Gasteiger partial charge in [0.25, 0.3) is 0 Å². The summed E-state index contributed by atoms with van der Waals surface area (Å²) in [5.41, 5.74) is 4.48. The first-order chi connectivity index (χ1) is 16.2. The number of carbonyl (C=O) groups excluding carboxylic acids is 1. The van der Waals surface area contributed by atoms with E-state index in [1.54, 1.807) is 12.1 Å². The Hall–Kier alpha value is -3.16. The Kier molecular flexibility index (Phi) is 5.49. The number of ketones is 1. The van der Waals surface area contributed by atoms with Gasteiger partial charge in [0.1, 0.15) is 5.78 Å². The molecule has 2 N–H and O–H groups in total. The summed E-state index contributed by atoms with van der Waals surface area (Å²) in [6.07, 6.45) is 1.99. The lowest BCUT2D eigenvalue weighted by Gasteiger charge is -2.18. The molecule has 0 radical (unpaired) electrons. The molecule has 34 heavy (non-hydrogen) atoms. The smallest absolute Gasteiger partial charge is 0.238 e. The van der Waals surface area contributed by atoms with Gasteiger partial charge in [-0.2, -0.15) is 0 Å². The summed E-state index contributed by atoms with van der Waals surface area (Å²) >= 11 is 0. The van der Waals surface area contributed by atoms with Gasteiger partial charge in [0.15, 0.2) is 11.5 Å². The van der Waals surface area contributed by atoms with Gasteiger partial charge >= 0.3 is 0 Å². The van der Waals surface area contributed by atoms with Crippen LogP contribution in [0, 0.1) is 0 Å². The molecule has 1 aliphatic heterocycles. The number of primary sulfonamides is 1. The molecular weight excluding hydrogens is 450 g/mol. The molecule has 1 saturated carbocycles. The summed E-state index contributed by atoms with van der Waals surface area (Å²) in [5.74, 6) is 1.87. The average Bonchev–Trinajstić information content (AvgIpc) is 3.49. The first kappa shape index (κ1) is 22.6. The molecule has 1 heterocycles. The number of carbonyl (C=O) groups is 1. The topological polar surface area (TPSA) is 95.7 Å². The molecule has 2 aliphatic rings. The van der Waals surface area contributed by atoms with Crippen molar-refractivity contribution in [2.24, 2.45) is 5.14 Å². The van der Waals surface area contributed by atoms with E-state index in [1.807, 2.05) is 24.3 Å². The van der Waals surface area contributed by atoms with Gasteiger partial charge in [-0.3, -0.25) is 4.79 Å². The van der Waals surface area contributed by atoms with E-state index in [9.17, 15) is 13.2 Å². The highest BCUT2D eigenvalue weighted by atomic mass is 32.2. The molecule has 3 aromatic carbocycles. The van der Waals surface area contributed by atoms with Crippen LogP contribution in [-0.4, -0.2) is 21.0 Å². The number of hydrogen-bond acceptors (Lipinski definition) is 5. The third kappa shape index (κ3) is 4.10. The Bertz CT molecular complexity index is 1370. The van der Waals surface area contributed by atoms with E-state index in [-0.39, 0.29) is 23.4 Å². The first-order valence-corrected chi connectivity index (χ1v) is 12.9. The van der Waals surface area contributed by atoms with E-state index in [2.05, 4.69) is 26.0 Å². The van der Waals surface area contributed by atoms with Gasteiger partial charge in [-0.25, -0.2) is 13.6 Å². The minimum absolute atomic E-state index is 0.0769. The molecule has 0 spiro atoms. The number of fused-ring (bicyclic) bond motifs is 1. The van der Waals surface area contributed by atoms with E-state index in [1.165, 1.54) is 12.1 Å². The predicted octanol–water partition coefficient (Wildman–Crippen LogP) is 4.70. The Morgan fingerprint density at radius 2 is 1.68 bits per heavy atom. The van der Waals surface area contributed by atoms with Crippen LogP contribution in [-0.2, 0) is 26.7 Å². The summed E-state index contributed by atoms with van der Waals surface area (Å²) in [4.78, 5) is 13.5. The minimum atomic E-state index is -3.75. The molecule has 0 amide bonds. The van der Waals surface area contributed by atoms with Crippen molar-refractivity contribution in [1.29, 1.82) is 0 Å². The van der Waals surface area contributed by atoms with Crippen LogP contribution in [0.25, 0.3) is 11.1 Å². The second-order valence-corrected chi connectivity index (χ2v) is 11.0. The highest BCUT2D eigenvalue weighted by molar-refractivity contribution is 7.89. The van der Waals surface area contributed by atoms with Crippen molar-refractivity contribution < 1.29 is 22.7 Å². The van der Waals surface area contributed by atoms with Gasteiger partial charge in [-0.1, -0.05) is 50.2 Å². The number of sulfonamides is 1. The first-order valence-electron chi connectivity index (χ1n) is 11.4. The van der Waals surface area contributed by atoms with Crippen molar-refractivity contribution in [3.63, 3.8) is 0 Å². The molecule has 1 fully saturated rings. The Morgan fingerprint density at radius 3 is 2.32 bits per heavy atom. The summed E-state index contributed by atoms with van der Waals surface area (Å²) in [6, 6.07) is 18.5. The molecule has 3 aromatic rings. The molecule has 0 bridgehead atoms. The Labute approximate surface area is 199 Å². The maximum Gasteiger partial charge on any atom is 0.238 e. The normalized spacial score (nSPS) is 16.0. The number of hydrogen-bond donors (Lipinski definition) is 1. The summed E-state index contributed by atoms with van der Waals surface area (Å²) in [6.45, 7) is 4.44. The number of rotatable bonds is 7. The standard InChI is InChI=1S/C27H27NO5S/c1-17(2)22-9-3-18(13-23(22)19-4-7-21(8-5-19)34(28,30)31)14-26(29)27(11-12-27)20-6-10-24-25(15-20)33-16-32-24/h3-10,13,15,17H,11-12,14,16H2,1-2H3,(H2,28,30,31). The molecule has 0 atom stereocenters. The van der Waals surface area contributed by atoms with Crippen LogP contribution in [0.5, 0.6) is 11.5 Å². The molecule has 176 valence electrons. The number of ether oxygens (including phenoxy) is 2. The second-order valence-electron chi connectivity index (χ2n) is 9.40. The van der Waals surface area contributed by atoms with Crippen molar-refractivity contribution in [3.8, 4) is 22.6 Å². The fourth-order valence-corrected chi connectivity index (χ4v) is 5.21. The number of benzene rings is 3. The van der Waals surface area contributed by atoms with Gasteiger partial charge in [0.2, 0.25) is 16.8 Å². The highest BCUT2D eigenvalue weighted by Gasteiger charge is 2.50. The van der Waals surface area contributed by atoms with Crippen molar-refractivity contribution in [2.75, 3.05) is 6.79 Å². The molecule has 0 saturated heterocycles. The largest absolute Gasteiger partial charge is 0.454 e. The zero-order valence-corrected chi connectivity index (χ0v) is 20.0. The Morgan fingerprint density at radius 1 is 0.971 bits per heavy atom. The molecule has 6 nitrogen and oxygen atoms in total. The maximum absolute atomic E-state index is 13.5. The van der Waals surface area contributed by atoms with Crippen molar-refractivity contribution in [2.45, 2.75) is 49.3 Å². The van der Waals surface area contributed by atoms with Crippen LogP contribution in [0.3, 0.4) is 0 Å². The zero-order chi connectivity index (χ0) is 24.1. The molecular formula is C27H27NO5S. The van der Waals surface area contributed by atoms with Crippen LogP contribution in [0.2, 0.25) is 0 Å². The van der Waals surface area contributed by atoms with Crippen LogP contribution < -0.4 is 14.6 Å². The molecule has 1 aliphatic carbocycles. The van der Waals surface area contributed by atoms with E-state index < -0.39 is 15.4 Å². The highest BCUT2D eigenvalue weighted by Crippen LogP contribution is 2.51. The lowest BCUT2D eigenvalue weighted by molar-refractivity contribution is -0.120. The fraction of sp³-hybridized carbons (Fsp3) is 0.296. The van der Waals surface area contributed by atoms with Crippen LogP contribution in [0.15, 0.2) is 65.6 Å². The Balaban J connectivity index is 1.44. The predicted molar refractivity (Wildman–Crippen MR) is 130 cm³/mol. The van der Waals surface area contributed by atoms with Gasteiger partial charge in [0, 0.05) is 6.42 Å². The van der Waals surface area contributed by atoms with Crippen molar-refractivity contribution in [1.82, 2.24) is 0 Å². The van der Waals surface area contributed by atoms with Gasteiger partial charge in [0.05, 0.1) is 10.3 Å². The average molecular weight is 478 g/mol. The number of Topliss-reactive ketones (excluding diaryl/α,β-unsaturated/α-hetero) is 1. The summed E-state index contributed by atoms with van der Waals surface area (Å²) < 4.78 is 34.2.